The third kappa shape index (κ3) is 3.01. The van der Waals surface area contributed by atoms with Gasteiger partial charge in [-0.2, -0.15) is 0 Å². The van der Waals surface area contributed by atoms with Crippen LogP contribution in [0.25, 0.3) is 0 Å². The summed E-state index contributed by atoms with van der Waals surface area (Å²) in [6, 6.07) is -0.608. The third-order valence-corrected chi connectivity index (χ3v) is 1.09. The number of rotatable bonds is 3. The monoisotopic (exact) mass is 135 g/mol. The Hall–Kier alpha value is -0.0600. The van der Waals surface area contributed by atoms with E-state index >= 15 is 0 Å². The van der Waals surface area contributed by atoms with Gasteiger partial charge in [0.2, 0.25) is 5.12 Å². The molecule has 8 heavy (non-hydrogen) atoms. The lowest BCUT2D eigenvalue weighted by Gasteiger charge is -2.00. The van der Waals surface area contributed by atoms with E-state index in [1.807, 2.05) is 0 Å². The quantitative estimate of drug-likeness (QED) is 0.442. The maximum atomic E-state index is 10.2. The fourth-order valence-corrected chi connectivity index (χ4v) is 0.392. The van der Waals surface area contributed by atoms with Crippen molar-refractivity contribution >= 4 is 17.7 Å². The van der Waals surface area contributed by atoms with E-state index in [-0.39, 0.29) is 11.7 Å². The summed E-state index contributed by atoms with van der Waals surface area (Å²) >= 11 is 3.45. The van der Waals surface area contributed by atoms with E-state index in [9.17, 15) is 4.79 Å². The van der Waals surface area contributed by atoms with Crippen molar-refractivity contribution in [2.24, 2.45) is 5.73 Å². The fraction of sp³-hybridized carbons (Fsp3) is 0.750. The lowest BCUT2D eigenvalue weighted by atomic mass is 10.2. The van der Waals surface area contributed by atoms with Crippen LogP contribution in [0.2, 0.25) is 0 Å². The minimum absolute atomic E-state index is 0.0620. The molecular formula is C4H9NO2S. The van der Waals surface area contributed by atoms with E-state index in [1.165, 1.54) is 0 Å². The summed E-state index contributed by atoms with van der Waals surface area (Å²) in [7, 11) is 0. The molecule has 0 fully saturated rings. The number of aliphatic hydroxyl groups is 1. The van der Waals surface area contributed by atoms with Crippen LogP contribution < -0.4 is 5.73 Å². The first-order valence-corrected chi connectivity index (χ1v) is 2.72. The SMILES string of the molecule is N[C@@H](CCO)C(=O)S. The van der Waals surface area contributed by atoms with Gasteiger partial charge in [0, 0.05) is 6.61 Å². The second kappa shape index (κ2) is 3.88. The van der Waals surface area contributed by atoms with Crippen molar-refractivity contribution in [3.05, 3.63) is 0 Å². The molecule has 0 aliphatic heterocycles. The molecule has 1 atom stereocenters. The maximum absolute atomic E-state index is 10.2. The molecule has 0 radical (unpaired) electrons. The smallest absolute Gasteiger partial charge is 0.202 e. The number of hydrogen-bond acceptors (Lipinski definition) is 3. The van der Waals surface area contributed by atoms with Gasteiger partial charge in [-0.3, -0.25) is 4.79 Å². The van der Waals surface area contributed by atoms with Gasteiger partial charge in [-0.25, -0.2) is 0 Å². The van der Waals surface area contributed by atoms with Crippen LogP contribution in [0.1, 0.15) is 6.42 Å². The molecule has 0 saturated carbocycles. The van der Waals surface area contributed by atoms with Crippen LogP contribution in [0, 0.1) is 0 Å². The Morgan fingerprint density at radius 1 is 1.88 bits per heavy atom. The molecule has 3 nitrogen and oxygen atoms in total. The van der Waals surface area contributed by atoms with E-state index < -0.39 is 6.04 Å². The highest BCUT2D eigenvalue weighted by Crippen LogP contribution is 1.90. The van der Waals surface area contributed by atoms with E-state index in [0.29, 0.717) is 6.42 Å². The zero-order valence-electron chi connectivity index (χ0n) is 4.37. The predicted octanol–water partition coefficient (Wildman–Crippen LogP) is -0.847. The topological polar surface area (TPSA) is 63.3 Å². The van der Waals surface area contributed by atoms with Crippen molar-refractivity contribution in [3.63, 3.8) is 0 Å². The number of carbonyl (C=O) groups is 1. The van der Waals surface area contributed by atoms with Gasteiger partial charge in [0.25, 0.3) is 0 Å². The van der Waals surface area contributed by atoms with Crippen molar-refractivity contribution in [2.75, 3.05) is 6.61 Å². The molecule has 3 N–H and O–H groups in total. The average molecular weight is 135 g/mol. The number of thiol groups is 1. The summed E-state index contributed by atoms with van der Waals surface area (Å²) in [4.78, 5) is 10.2. The molecule has 0 amide bonds. The van der Waals surface area contributed by atoms with Gasteiger partial charge in [0.1, 0.15) is 0 Å². The Balaban J connectivity index is 3.32. The fourth-order valence-electron chi connectivity index (χ4n) is 0.263. The van der Waals surface area contributed by atoms with Gasteiger partial charge < -0.3 is 10.8 Å². The van der Waals surface area contributed by atoms with E-state index in [2.05, 4.69) is 12.6 Å². The second-order valence-corrected chi connectivity index (χ2v) is 1.90. The number of hydrogen-bond donors (Lipinski definition) is 3. The summed E-state index contributed by atoms with van der Waals surface area (Å²) in [5.74, 6) is 0. The molecule has 0 unspecified atom stereocenters. The van der Waals surface area contributed by atoms with E-state index in [4.69, 9.17) is 10.8 Å². The summed E-state index contributed by atoms with van der Waals surface area (Å²) in [6.45, 7) is -0.0620. The second-order valence-electron chi connectivity index (χ2n) is 1.46. The zero-order valence-corrected chi connectivity index (χ0v) is 5.27. The Labute approximate surface area is 53.3 Å². The van der Waals surface area contributed by atoms with Gasteiger partial charge >= 0.3 is 0 Å². The van der Waals surface area contributed by atoms with Crippen LogP contribution in [-0.2, 0) is 4.79 Å². The first-order valence-electron chi connectivity index (χ1n) is 2.27. The molecule has 4 heteroatoms. The molecule has 0 spiro atoms. The van der Waals surface area contributed by atoms with Crippen LogP contribution in [0.15, 0.2) is 0 Å². The minimum atomic E-state index is -0.608. The van der Waals surface area contributed by atoms with Crippen LogP contribution >= 0.6 is 12.6 Å². The van der Waals surface area contributed by atoms with Crippen molar-refractivity contribution in [1.82, 2.24) is 0 Å². The Kier molecular flexibility index (Phi) is 3.85. The Bertz CT molecular complexity index is 86.1. The molecule has 0 aromatic rings. The van der Waals surface area contributed by atoms with Crippen molar-refractivity contribution < 1.29 is 9.90 Å². The largest absolute Gasteiger partial charge is 0.396 e. The summed E-state index contributed by atoms with van der Waals surface area (Å²) in [5, 5.41) is 7.84. The average Bonchev–Trinajstić information content (AvgIpc) is 1.67. The lowest BCUT2D eigenvalue weighted by Crippen LogP contribution is -2.27. The Morgan fingerprint density at radius 3 is 2.50 bits per heavy atom. The molecule has 0 aromatic heterocycles. The molecule has 0 bridgehead atoms. The van der Waals surface area contributed by atoms with Crippen LogP contribution in [0.5, 0.6) is 0 Å². The van der Waals surface area contributed by atoms with Crippen molar-refractivity contribution in [1.29, 1.82) is 0 Å². The highest BCUT2D eigenvalue weighted by atomic mass is 32.1. The third-order valence-electron chi connectivity index (χ3n) is 0.757. The zero-order chi connectivity index (χ0) is 6.57. The van der Waals surface area contributed by atoms with Crippen molar-refractivity contribution in [2.45, 2.75) is 12.5 Å². The molecule has 0 heterocycles. The van der Waals surface area contributed by atoms with Crippen LogP contribution in [-0.4, -0.2) is 22.9 Å². The molecule has 0 saturated heterocycles. The highest BCUT2D eigenvalue weighted by molar-refractivity contribution is 7.96. The highest BCUT2D eigenvalue weighted by Gasteiger charge is 2.05. The van der Waals surface area contributed by atoms with Crippen LogP contribution in [0.3, 0.4) is 0 Å². The number of aliphatic hydroxyl groups excluding tert-OH is 1. The first-order chi connectivity index (χ1) is 3.68. The molecule has 0 aliphatic rings. The minimum Gasteiger partial charge on any atom is -0.396 e. The summed E-state index contributed by atoms with van der Waals surface area (Å²) in [5.41, 5.74) is 5.14. The van der Waals surface area contributed by atoms with Gasteiger partial charge in [0.05, 0.1) is 6.04 Å². The summed E-state index contributed by atoms with van der Waals surface area (Å²) < 4.78 is 0. The van der Waals surface area contributed by atoms with Gasteiger partial charge in [-0.05, 0) is 6.42 Å². The summed E-state index contributed by atoms with van der Waals surface area (Å²) in [6.07, 6.45) is 0.294. The predicted molar refractivity (Wildman–Crippen MR) is 33.7 cm³/mol. The number of carbonyl (C=O) groups excluding carboxylic acids is 1. The van der Waals surface area contributed by atoms with E-state index in [1.54, 1.807) is 0 Å². The van der Waals surface area contributed by atoms with Gasteiger partial charge in [-0.1, -0.05) is 0 Å². The molecular weight excluding hydrogens is 126 g/mol. The standard InChI is InChI=1S/C4H9NO2S/c5-3(1-2-6)4(7)8/h3,6H,1-2,5H2,(H,7,8)/t3-/m0/s1. The van der Waals surface area contributed by atoms with Crippen LogP contribution in [0.4, 0.5) is 0 Å². The molecule has 48 valence electrons. The van der Waals surface area contributed by atoms with Crippen molar-refractivity contribution in [3.8, 4) is 0 Å². The first kappa shape index (κ1) is 7.94. The molecule has 0 aromatic carbocycles. The molecule has 0 rings (SSSR count). The maximum Gasteiger partial charge on any atom is 0.202 e. The Morgan fingerprint density at radius 2 is 2.38 bits per heavy atom. The lowest BCUT2D eigenvalue weighted by molar-refractivity contribution is -0.112. The number of nitrogens with two attached hydrogens (primary N) is 1. The van der Waals surface area contributed by atoms with Gasteiger partial charge in [0.15, 0.2) is 0 Å². The normalized spacial score (nSPS) is 13.4. The van der Waals surface area contributed by atoms with E-state index in [0.717, 1.165) is 0 Å². The molecule has 0 aliphatic carbocycles. The van der Waals surface area contributed by atoms with Gasteiger partial charge in [-0.15, -0.1) is 12.6 Å².